The normalized spacial score (nSPS) is 13.5. The minimum Gasteiger partial charge on any atom is -0.354 e. The smallest absolute Gasteiger partial charge is 0.256 e. The molecule has 3 aromatic rings. The van der Waals surface area contributed by atoms with Gasteiger partial charge in [0, 0.05) is 31.7 Å². The van der Waals surface area contributed by atoms with Crippen molar-refractivity contribution in [3.05, 3.63) is 47.2 Å². The summed E-state index contributed by atoms with van der Waals surface area (Å²) in [5.41, 5.74) is 4.60. The fraction of sp³-hybridized carbons (Fsp3) is 0.400. The molecule has 1 aliphatic carbocycles. The molecule has 0 bridgehead atoms. The number of alkyl halides is 2. The van der Waals surface area contributed by atoms with Crippen molar-refractivity contribution >= 4 is 22.7 Å². The minimum atomic E-state index is -2.46. The van der Waals surface area contributed by atoms with Crippen LogP contribution in [0.2, 0.25) is 0 Å². The number of hydrogen-bond donors (Lipinski definition) is 1. The third kappa shape index (κ3) is 3.46. The second-order valence-corrected chi connectivity index (χ2v) is 7.35. The van der Waals surface area contributed by atoms with Crippen molar-refractivity contribution in [2.75, 3.05) is 11.9 Å². The second-order valence-electron chi connectivity index (χ2n) is 7.35. The Kier molecular flexibility index (Phi) is 4.78. The van der Waals surface area contributed by atoms with Gasteiger partial charge in [-0.15, -0.1) is 0 Å². The zero-order valence-corrected chi connectivity index (χ0v) is 16.1. The molecule has 3 heterocycles. The monoisotopic (exact) mass is 386 g/mol. The molecule has 0 spiro atoms. The van der Waals surface area contributed by atoms with Crippen LogP contribution in [0.4, 0.5) is 14.7 Å². The highest BCUT2D eigenvalue weighted by atomic mass is 19.3. The van der Waals surface area contributed by atoms with Crippen molar-refractivity contribution in [3.63, 3.8) is 0 Å². The first-order chi connectivity index (χ1) is 13.4. The van der Waals surface area contributed by atoms with E-state index in [1.165, 1.54) is 4.57 Å². The van der Waals surface area contributed by atoms with Gasteiger partial charge >= 0.3 is 0 Å². The van der Waals surface area contributed by atoms with Gasteiger partial charge in [0.1, 0.15) is 11.3 Å². The molecular formula is C20H24F2N6. The van der Waals surface area contributed by atoms with Crippen LogP contribution in [0, 0.1) is 12.8 Å². The molecule has 28 heavy (non-hydrogen) atoms. The Bertz CT molecular complexity index is 1060. The van der Waals surface area contributed by atoms with Crippen molar-refractivity contribution < 1.29 is 10.2 Å². The van der Waals surface area contributed by atoms with Gasteiger partial charge < -0.3 is 9.88 Å². The number of hydrogen-bond acceptors (Lipinski definition) is 5. The molecule has 0 amide bonds. The number of allylic oxidation sites excluding steroid dienone is 1. The van der Waals surface area contributed by atoms with E-state index in [0.29, 0.717) is 41.0 Å². The number of nitrogens with zero attached hydrogens (tertiary/aromatic N) is 5. The van der Waals surface area contributed by atoms with Crippen molar-refractivity contribution in [1.82, 2.24) is 24.5 Å². The van der Waals surface area contributed by atoms with Gasteiger partial charge in [-0.25, -0.2) is 28.7 Å². The first-order valence-corrected chi connectivity index (χ1v) is 9.35. The highest BCUT2D eigenvalue weighted by molar-refractivity contribution is 5.85. The third-order valence-corrected chi connectivity index (χ3v) is 4.71. The minimum absolute atomic E-state index is 0. The molecule has 1 N–H and O–H groups in total. The van der Waals surface area contributed by atoms with E-state index < -0.39 is 13.0 Å². The standard InChI is InChI=1S/C20H22F2N6.H2/c1-11(2)8-23-20-24-9-14-13(4-5-16(14)27-20)15-6-7-17-19(26-15)28(10-18(21)22)12(3)25-17;/h4,6-7,9,11,18H,5,8,10H2,1-3H3,(H,23,24,27);1H. The van der Waals surface area contributed by atoms with E-state index in [9.17, 15) is 8.78 Å². The molecule has 0 aliphatic heterocycles. The zero-order chi connectivity index (χ0) is 19.8. The van der Waals surface area contributed by atoms with Crippen molar-refractivity contribution in [1.29, 1.82) is 0 Å². The molecule has 0 fully saturated rings. The van der Waals surface area contributed by atoms with Crippen LogP contribution in [0.15, 0.2) is 24.4 Å². The fourth-order valence-corrected chi connectivity index (χ4v) is 3.35. The SMILES string of the molecule is Cc1nc2ccc(C3=CCc4nc(NCC(C)C)ncc43)nc2n1CC(F)F.[HH]. The van der Waals surface area contributed by atoms with Crippen LogP contribution in [-0.2, 0) is 13.0 Å². The van der Waals surface area contributed by atoms with Crippen LogP contribution in [0.3, 0.4) is 0 Å². The number of pyridine rings is 1. The molecular weight excluding hydrogens is 362 g/mol. The maximum atomic E-state index is 12.9. The Balaban J connectivity index is 0.00000240. The Hall–Kier alpha value is -2.90. The third-order valence-electron chi connectivity index (χ3n) is 4.71. The number of rotatable bonds is 6. The Morgan fingerprint density at radius 1 is 1.21 bits per heavy atom. The van der Waals surface area contributed by atoms with Gasteiger partial charge in [0.15, 0.2) is 5.65 Å². The number of fused-ring (bicyclic) bond motifs is 2. The average molecular weight is 386 g/mol. The molecule has 0 unspecified atom stereocenters. The number of aryl methyl sites for hydroxylation is 1. The van der Waals surface area contributed by atoms with Crippen LogP contribution in [0.25, 0.3) is 16.7 Å². The molecule has 0 atom stereocenters. The van der Waals surface area contributed by atoms with Gasteiger partial charge in [0.05, 0.1) is 17.9 Å². The van der Waals surface area contributed by atoms with E-state index in [1.54, 1.807) is 13.1 Å². The summed E-state index contributed by atoms with van der Waals surface area (Å²) in [5.74, 6) is 1.66. The van der Waals surface area contributed by atoms with Crippen LogP contribution in [0.1, 0.15) is 38.0 Å². The van der Waals surface area contributed by atoms with Gasteiger partial charge in [0.2, 0.25) is 5.95 Å². The van der Waals surface area contributed by atoms with Gasteiger partial charge in [0.25, 0.3) is 6.43 Å². The van der Waals surface area contributed by atoms with E-state index in [2.05, 4.69) is 45.2 Å². The highest BCUT2D eigenvalue weighted by Gasteiger charge is 2.21. The molecule has 0 radical (unpaired) electrons. The Labute approximate surface area is 163 Å². The maximum absolute atomic E-state index is 12.9. The van der Waals surface area contributed by atoms with Gasteiger partial charge in [-0.1, -0.05) is 19.9 Å². The van der Waals surface area contributed by atoms with Gasteiger partial charge in [-0.05, 0) is 25.0 Å². The molecule has 0 saturated heterocycles. The van der Waals surface area contributed by atoms with E-state index in [4.69, 9.17) is 0 Å². The van der Waals surface area contributed by atoms with E-state index in [-0.39, 0.29) is 1.43 Å². The summed E-state index contributed by atoms with van der Waals surface area (Å²) in [6, 6.07) is 3.69. The number of aromatic nitrogens is 5. The predicted molar refractivity (Wildman–Crippen MR) is 107 cm³/mol. The number of imidazole rings is 1. The molecule has 148 valence electrons. The molecule has 1 aliphatic rings. The van der Waals surface area contributed by atoms with Gasteiger partial charge in [-0.2, -0.15) is 0 Å². The van der Waals surface area contributed by atoms with E-state index in [1.807, 2.05) is 12.1 Å². The summed E-state index contributed by atoms with van der Waals surface area (Å²) >= 11 is 0. The van der Waals surface area contributed by atoms with Crippen LogP contribution in [0.5, 0.6) is 0 Å². The molecule has 8 heteroatoms. The lowest BCUT2D eigenvalue weighted by molar-refractivity contribution is 0.127. The van der Waals surface area contributed by atoms with Crippen LogP contribution in [-0.4, -0.2) is 37.5 Å². The zero-order valence-electron chi connectivity index (χ0n) is 16.1. The number of anilines is 1. The first-order valence-electron chi connectivity index (χ1n) is 9.35. The number of halogens is 2. The summed E-state index contributed by atoms with van der Waals surface area (Å²) in [6.07, 6.45) is 2.09. The topological polar surface area (TPSA) is 68.5 Å². The lowest BCUT2D eigenvalue weighted by Gasteiger charge is -2.10. The summed E-state index contributed by atoms with van der Waals surface area (Å²) in [4.78, 5) is 18.0. The first kappa shape index (κ1) is 18.5. The second kappa shape index (κ2) is 7.26. The quantitative estimate of drug-likeness (QED) is 0.691. The molecule has 0 saturated carbocycles. The summed E-state index contributed by atoms with van der Waals surface area (Å²) in [7, 11) is 0. The fourth-order valence-electron chi connectivity index (χ4n) is 3.35. The van der Waals surface area contributed by atoms with E-state index >= 15 is 0 Å². The molecule has 4 rings (SSSR count). The predicted octanol–water partition coefficient (Wildman–Crippen LogP) is 4.10. The summed E-state index contributed by atoms with van der Waals surface area (Å²) in [6.45, 7) is 6.37. The number of nitrogens with one attached hydrogen (secondary N) is 1. The highest BCUT2D eigenvalue weighted by Crippen LogP contribution is 2.32. The van der Waals surface area contributed by atoms with Crippen molar-refractivity contribution in [2.45, 2.75) is 40.2 Å². The van der Waals surface area contributed by atoms with Crippen molar-refractivity contribution in [2.24, 2.45) is 5.92 Å². The average Bonchev–Trinajstić information content (AvgIpc) is 3.20. The van der Waals surface area contributed by atoms with Gasteiger partial charge in [-0.3, -0.25) is 0 Å². The lowest BCUT2D eigenvalue weighted by atomic mass is 10.1. The summed E-state index contributed by atoms with van der Waals surface area (Å²) < 4.78 is 27.4. The van der Waals surface area contributed by atoms with Crippen molar-refractivity contribution in [3.8, 4) is 0 Å². The largest absolute Gasteiger partial charge is 0.354 e. The maximum Gasteiger partial charge on any atom is 0.256 e. The molecule has 3 aromatic heterocycles. The summed E-state index contributed by atoms with van der Waals surface area (Å²) in [5, 5.41) is 3.24. The molecule has 0 aromatic carbocycles. The van der Waals surface area contributed by atoms with Crippen LogP contribution < -0.4 is 5.32 Å². The van der Waals surface area contributed by atoms with Crippen LogP contribution >= 0.6 is 0 Å². The Morgan fingerprint density at radius 2 is 2.04 bits per heavy atom. The van der Waals surface area contributed by atoms with E-state index in [0.717, 1.165) is 23.4 Å². The Morgan fingerprint density at radius 3 is 2.79 bits per heavy atom. The molecule has 6 nitrogen and oxygen atoms in total. The lowest BCUT2D eigenvalue weighted by Crippen LogP contribution is -2.11.